The number of anilines is 1. The van der Waals surface area contributed by atoms with Crippen LogP contribution in [0.3, 0.4) is 0 Å². The second-order valence-corrected chi connectivity index (χ2v) is 11.3. The van der Waals surface area contributed by atoms with Gasteiger partial charge in [0.15, 0.2) is 5.82 Å². The van der Waals surface area contributed by atoms with Crippen LogP contribution in [-0.4, -0.2) is 83.7 Å². The van der Waals surface area contributed by atoms with Gasteiger partial charge in [0, 0.05) is 37.6 Å². The van der Waals surface area contributed by atoms with E-state index in [0.717, 1.165) is 0 Å². The van der Waals surface area contributed by atoms with Gasteiger partial charge in [-0.25, -0.2) is 19.2 Å². The highest BCUT2D eigenvalue weighted by Crippen LogP contribution is 2.42. The van der Waals surface area contributed by atoms with Crippen molar-refractivity contribution in [1.82, 2.24) is 19.8 Å². The molecule has 0 unspecified atom stereocenters. The Morgan fingerprint density at radius 1 is 1.29 bits per heavy atom. The molecule has 0 atom stereocenters. The van der Waals surface area contributed by atoms with Crippen LogP contribution < -0.4 is 10.6 Å². The number of amides is 2. The molecule has 1 aromatic carbocycles. The number of hydrogen-bond donors (Lipinski definition) is 1. The SMILES string of the molecule is CN(C)C1CN(c2nc(C3(C(N)=O)CN(C(=O)OC(C)(C)C)C3)c3cc(Cl)c(Br)c(F)c3n2)C1. The smallest absolute Gasteiger partial charge is 0.410 e. The minimum atomic E-state index is -1.33. The first kappa shape index (κ1) is 24.9. The van der Waals surface area contributed by atoms with Crippen molar-refractivity contribution >= 4 is 56.4 Å². The Balaban J connectivity index is 1.80. The van der Waals surface area contributed by atoms with Crippen LogP contribution in [0.15, 0.2) is 10.5 Å². The molecule has 0 radical (unpaired) electrons. The molecule has 2 amide bonds. The third-order valence-corrected chi connectivity index (χ3v) is 7.49. The third-order valence-electron chi connectivity index (χ3n) is 6.19. The van der Waals surface area contributed by atoms with E-state index < -0.39 is 28.8 Å². The quantitative estimate of drug-likeness (QED) is 0.577. The Bertz CT molecular complexity index is 1180. The van der Waals surface area contributed by atoms with Gasteiger partial charge in [-0.1, -0.05) is 11.6 Å². The summed E-state index contributed by atoms with van der Waals surface area (Å²) in [4.78, 5) is 39.9. The van der Waals surface area contributed by atoms with Gasteiger partial charge in [0.25, 0.3) is 0 Å². The largest absolute Gasteiger partial charge is 0.444 e. The number of likely N-dealkylation sites (N-methyl/N-ethyl adjacent to an activating group) is 1. The minimum absolute atomic E-state index is 0.0286. The molecule has 9 nitrogen and oxygen atoms in total. The van der Waals surface area contributed by atoms with Crippen molar-refractivity contribution in [2.45, 2.75) is 37.8 Å². The van der Waals surface area contributed by atoms with Crippen LogP contribution in [0.4, 0.5) is 15.1 Å². The van der Waals surface area contributed by atoms with Gasteiger partial charge in [-0.15, -0.1) is 0 Å². The lowest BCUT2D eigenvalue weighted by Crippen LogP contribution is -2.67. The van der Waals surface area contributed by atoms with Crippen LogP contribution in [0.1, 0.15) is 26.5 Å². The topological polar surface area (TPSA) is 105 Å². The van der Waals surface area contributed by atoms with E-state index in [1.807, 2.05) is 19.0 Å². The highest BCUT2D eigenvalue weighted by atomic mass is 79.9. The standard InChI is InChI=1S/C22H27BrClFN6O3/c1-21(2,3)34-20(33)31-9-22(10-31,18(26)32)17-12-6-13(24)14(23)15(25)16(12)27-19(28-17)30-7-11(8-30)29(4)5/h6,11H,7-10H2,1-5H3,(H2,26,32). The van der Waals surface area contributed by atoms with Crippen LogP contribution in [-0.2, 0) is 14.9 Å². The van der Waals surface area contributed by atoms with Gasteiger partial charge in [-0.2, -0.15) is 0 Å². The third kappa shape index (κ3) is 4.18. The van der Waals surface area contributed by atoms with Crippen molar-refractivity contribution in [3.8, 4) is 0 Å². The molecule has 12 heteroatoms. The van der Waals surface area contributed by atoms with E-state index in [9.17, 15) is 9.59 Å². The van der Waals surface area contributed by atoms with E-state index in [0.29, 0.717) is 25.1 Å². The second kappa shape index (κ2) is 8.46. The molecule has 2 fully saturated rings. The highest BCUT2D eigenvalue weighted by molar-refractivity contribution is 9.10. The van der Waals surface area contributed by atoms with Crippen molar-refractivity contribution in [1.29, 1.82) is 0 Å². The molecular weight excluding hydrogens is 531 g/mol. The summed E-state index contributed by atoms with van der Waals surface area (Å²) in [6.07, 6.45) is -0.563. The summed E-state index contributed by atoms with van der Waals surface area (Å²) in [5.41, 5.74) is 4.11. The molecule has 0 aliphatic carbocycles. The van der Waals surface area contributed by atoms with Gasteiger partial charge in [0.1, 0.15) is 16.5 Å². The Morgan fingerprint density at radius 2 is 1.91 bits per heavy atom. The molecule has 0 spiro atoms. The Kier molecular flexibility index (Phi) is 6.19. The fourth-order valence-corrected chi connectivity index (χ4v) is 4.59. The monoisotopic (exact) mass is 556 g/mol. The van der Waals surface area contributed by atoms with Gasteiger partial charge in [-0.3, -0.25) is 4.79 Å². The fourth-order valence-electron chi connectivity index (χ4n) is 4.10. The average molecular weight is 558 g/mol. The van der Waals surface area contributed by atoms with Crippen molar-refractivity contribution in [2.24, 2.45) is 5.73 Å². The van der Waals surface area contributed by atoms with E-state index in [2.05, 4.69) is 30.8 Å². The summed E-state index contributed by atoms with van der Waals surface area (Å²) in [6.45, 7) is 6.49. The van der Waals surface area contributed by atoms with Crippen molar-refractivity contribution in [2.75, 3.05) is 45.2 Å². The number of nitrogens with two attached hydrogens (primary N) is 1. The molecule has 2 aliphatic rings. The lowest BCUT2D eigenvalue weighted by molar-refractivity contribution is -0.129. The zero-order chi connectivity index (χ0) is 25.2. The molecule has 2 aromatic rings. The molecule has 3 heterocycles. The maximum absolute atomic E-state index is 15.3. The van der Waals surface area contributed by atoms with Crippen LogP contribution in [0.25, 0.3) is 10.9 Å². The molecule has 4 rings (SSSR count). The number of halogens is 3. The maximum atomic E-state index is 15.3. The number of ether oxygens (including phenoxy) is 1. The lowest BCUT2D eigenvalue weighted by atomic mass is 9.74. The van der Waals surface area contributed by atoms with Crippen LogP contribution >= 0.6 is 27.5 Å². The number of nitrogens with zero attached hydrogens (tertiary/aromatic N) is 5. The summed E-state index contributed by atoms with van der Waals surface area (Å²) in [5.74, 6) is -1.03. The number of carbonyl (C=O) groups excluding carboxylic acids is 2. The van der Waals surface area contributed by atoms with Gasteiger partial charge < -0.3 is 25.2 Å². The number of primary amides is 1. The number of benzene rings is 1. The zero-order valence-electron chi connectivity index (χ0n) is 19.7. The van der Waals surface area contributed by atoms with Gasteiger partial charge in [0.2, 0.25) is 11.9 Å². The number of aromatic nitrogens is 2. The highest BCUT2D eigenvalue weighted by Gasteiger charge is 2.55. The molecule has 34 heavy (non-hydrogen) atoms. The lowest BCUT2D eigenvalue weighted by Gasteiger charge is -2.48. The fraction of sp³-hybridized carbons (Fsp3) is 0.545. The Morgan fingerprint density at radius 3 is 2.44 bits per heavy atom. The molecule has 2 aliphatic heterocycles. The van der Waals surface area contributed by atoms with Crippen molar-refractivity contribution < 1.29 is 18.7 Å². The molecular formula is C22H27BrClFN6O3. The van der Waals surface area contributed by atoms with Crippen molar-refractivity contribution in [3.05, 3.63) is 27.1 Å². The number of hydrogen-bond acceptors (Lipinski definition) is 7. The molecule has 2 saturated heterocycles. The number of likely N-dealkylation sites (tertiary alicyclic amines) is 1. The molecule has 0 saturated carbocycles. The van der Waals surface area contributed by atoms with E-state index in [1.54, 1.807) is 20.8 Å². The van der Waals surface area contributed by atoms with E-state index >= 15 is 4.39 Å². The maximum Gasteiger partial charge on any atom is 0.410 e. The van der Waals surface area contributed by atoms with Crippen molar-refractivity contribution in [3.63, 3.8) is 0 Å². The first-order valence-electron chi connectivity index (χ1n) is 10.8. The van der Waals surface area contributed by atoms with Gasteiger partial charge in [0.05, 0.1) is 15.2 Å². The number of fused-ring (bicyclic) bond motifs is 1. The van der Waals surface area contributed by atoms with Crippen LogP contribution in [0.2, 0.25) is 5.02 Å². The number of rotatable bonds is 4. The average Bonchev–Trinajstić information content (AvgIpc) is 2.63. The molecule has 184 valence electrons. The summed E-state index contributed by atoms with van der Waals surface area (Å²) in [5, 5.41) is 0.393. The number of carbonyl (C=O) groups is 2. The summed E-state index contributed by atoms with van der Waals surface area (Å²) < 4.78 is 20.8. The van der Waals surface area contributed by atoms with Gasteiger partial charge >= 0.3 is 6.09 Å². The van der Waals surface area contributed by atoms with Crippen LogP contribution in [0, 0.1) is 5.82 Å². The second-order valence-electron chi connectivity index (χ2n) is 10.1. The Hall–Kier alpha value is -2.24. The molecule has 0 bridgehead atoms. The first-order chi connectivity index (χ1) is 15.7. The Labute approximate surface area is 210 Å². The van der Waals surface area contributed by atoms with E-state index in [1.165, 1.54) is 11.0 Å². The summed E-state index contributed by atoms with van der Waals surface area (Å²) in [7, 11) is 3.96. The minimum Gasteiger partial charge on any atom is -0.444 e. The summed E-state index contributed by atoms with van der Waals surface area (Å²) >= 11 is 9.41. The molecule has 1 aromatic heterocycles. The molecule has 2 N–H and O–H groups in total. The predicted molar refractivity (Wildman–Crippen MR) is 131 cm³/mol. The summed E-state index contributed by atoms with van der Waals surface area (Å²) in [6, 6.07) is 1.82. The zero-order valence-corrected chi connectivity index (χ0v) is 22.0. The normalized spacial score (nSPS) is 18.1. The van der Waals surface area contributed by atoms with Gasteiger partial charge in [-0.05, 0) is 56.9 Å². The predicted octanol–water partition coefficient (Wildman–Crippen LogP) is 2.91. The first-order valence-corrected chi connectivity index (χ1v) is 12.0. The van der Waals surface area contributed by atoms with E-state index in [-0.39, 0.29) is 39.2 Å². The van der Waals surface area contributed by atoms with Crippen LogP contribution in [0.5, 0.6) is 0 Å². The van der Waals surface area contributed by atoms with E-state index in [4.69, 9.17) is 22.1 Å².